The van der Waals surface area contributed by atoms with Gasteiger partial charge in [0.05, 0.1) is 13.2 Å². The molecular weight excluding hydrogens is 359 g/mol. The van der Waals surface area contributed by atoms with E-state index in [1.165, 1.54) is 27.9 Å². The molecule has 0 aliphatic carbocycles. The number of amides is 1. The van der Waals surface area contributed by atoms with E-state index in [4.69, 9.17) is 4.74 Å². The Kier molecular flexibility index (Phi) is 7.30. The molecule has 1 aromatic rings. The Balaban J connectivity index is 2.98. The fourth-order valence-electron chi connectivity index (χ4n) is 1.80. The highest BCUT2D eigenvalue weighted by atomic mass is 32.2. The molecule has 1 amide bonds. The third-order valence-electron chi connectivity index (χ3n) is 3.11. The largest absolute Gasteiger partial charge is 0.471 e. The summed E-state index contributed by atoms with van der Waals surface area (Å²) in [7, 11) is 1.18. The van der Waals surface area contributed by atoms with Crippen LogP contribution in [0.15, 0.2) is 35.2 Å². The summed E-state index contributed by atoms with van der Waals surface area (Å²) < 4.78 is 47.8. The van der Waals surface area contributed by atoms with Crippen molar-refractivity contribution >= 4 is 23.6 Å². The minimum Gasteiger partial charge on any atom is -0.467 e. The lowest BCUT2D eigenvalue weighted by Crippen LogP contribution is -2.50. The average molecular weight is 379 g/mol. The van der Waals surface area contributed by atoms with Gasteiger partial charge in [0.15, 0.2) is 5.60 Å². The van der Waals surface area contributed by atoms with Crippen molar-refractivity contribution in [3.63, 3.8) is 0 Å². The molecule has 9 heteroatoms. The van der Waals surface area contributed by atoms with E-state index in [1.807, 2.05) is 5.32 Å². The molecule has 140 valence electrons. The average Bonchev–Trinajstić information content (AvgIpc) is 2.53. The number of rotatable bonds is 7. The molecule has 5 nitrogen and oxygen atoms in total. The van der Waals surface area contributed by atoms with Crippen molar-refractivity contribution in [1.29, 1.82) is 0 Å². The van der Waals surface area contributed by atoms with Crippen molar-refractivity contribution in [1.82, 2.24) is 5.32 Å². The van der Waals surface area contributed by atoms with Gasteiger partial charge in [0.2, 0.25) is 0 Å². The minimum absolute atomic E-state index is 0.680. The van der Waals surface area contributed by atoms with E-state index in [2.05, 4.69) is 4.74 Å². The van der Waals surface area contributed by atoms with Crippen molar-refractivity contribution in [3.05, 3.63) is 30.3 Å². The summed E-state index contributed by atoms with van der Waals surface area (Å²) >= 11 is 1.09. The van der Waals surface area contributed by atoms with Crippen molar-refractivity contribution in [3.8, 4) is 0 Å². The number of esters is 1. The Morgan fingerprint density at radius 3 is 2.20 bits per heavy atom. The lowest BCUT2D eigenvalue weighted by atomic mass is 10.1. The number of thioether (sulfide) groups is 1. The van der Waals surface area contributed by atoms with Crippen LogP contribution in [0.3, 0.4) is 0 Å². The first-order valence-corrected chi connectivity index (χ1v) is 8.21. The van der Waals surface area contributed by atoms with Crippen LogP contribution < -0.4 is 5.32 Å². The quantitative estimate of drug-likeness (QED) is 0.448. The van der Waals surface area contributed by atoms with E-state index >= 15 is 0 Å². The van der Waals surface area contributed by atoms with E-state index < -0.39 is 35.1 Å². The summed E-state index contributed by atoms with van der Waals surface area (Å²) in [6.45, 7) is 4.25. The standard InChI is InChI=1S/C16H20F3NO4S/c1-10(20-13(21)16(17,18)19)12(24-15(2,3)14(22)23-4)25-11-8-6-5-7-9-11/h5-10,12H,1-4H3,(H,20,21). The number of hydrogen-bond donors (Lipinski definition) is 1. The van der Waals surface area contributed by atoms with Crippen LogP contribution in [-0.2, 0) is 19.1 Å². The van der Waals surface area contributed by atoms with Gasteiger partial charge in [-0.05, 0) is 32.9 Å². The van der Waals surface area contributed by atoms with Gasteiger partial charge in [-0.1, -0.05) is 30.0 Å². The van der Waals surface area contributed by atoms with E-state index in [1.54, 1.807) is 30.3 Å². The second-order valence-corrected chi connectivity index (χ2v) is 6.85. The van der Waals surface area contributed by atoms with Gasteiger partial charge in [0, 0.05) is 4.90 Å². The van der Waals surface area contributed by atoms with Gasteiger partial charge in [-0.15, -0.1) is 0 Å². The van der Waals surface area contributed by atoms with Crippen LogP contribution >= 0.6 is 11.8 Å². The topological polar surface area (TPSA) is 64.6 Å². The number of nitrogens with one attached hydrogen (secondary N) is 1. The molecule has 0 heterocycles. The molecule has 1 aromatic carbocycles. The highest BCUT2D eigenvalue weighted by Gasteiger charge is 2.42. The van der Waals surface area contributed by atoms with Crippen LogP contribution in [0.2, 0.25) is 0 Å². The second kappa shape index (κ2) is 8.57. The summed E-state index contributed by atoms with van der Waals surface area (Å²) in [4.78, 5) is 23.7. The molecule has 25 heavy (non-hydrogen) atoms. The monoisotopic (exact) mass is 379 g/mol. The first-order valence-electron chi connectivity index (χ1n) is 7.33. The maximum Gasteiger partial charge on any atom is 0.471 e. The number of ether oxygens (including phenoxy) is 2. The van der Waals surface area contributed by atoms with Gasteiger partial charge in [-0.3, -0.25) is 4.79 Å². The highest BCUT2D eigenvalue weighted by Crippen LogP contribution is 2.30. The van der Waals surface area contributed by atoms with Crippen LogP contribution in [0, 0.1) is 0 Å². The Hall–Kier alpha value is -1.74. The molecule has 0 bridgehead atoms. The van der Waals surface area contributed by atoms with Crippen LogP contribution in [0.4, 0.5) is 13.2 Å². The number of benzene rings is 1. The molecule has 0 aliphatic rings. The molecule has 0 radical (unpaired) electrons. The molecule has 0 saturated heterocycles. The molecule has 1 rings (SSSR count). The molecule has 0 fully saturated rings. The molecule has 0 saturated carbocycles. The molecule has 0 aliphatic heterocycles. The maximum absolute atomic E-state index is 12.5. The zero-order valence-electron chi connectivity index (χ0n) is 14.2. The van der Waals surface area contributed by atoms with Crippen LogP contribution in [0.1, 0.15) is 20.8 Å². The SMILES string of the molecule is COC(=O)C(C)(C)OC(Sc1ccccc1)C(C)NC(=O)C(F)(F)F. The lowest BCUT2D eigenvalue weighted by molar-refractivity contribution is -0.176. The molecule has 2 atom stereocenters. The zero-order chi connectivity index (χ0) is 19.3. The Bertz CT molecular complexity index is 593. The molecule has 1 N–H and O–H groups in total. The van der Waals surface area contributed by atoms with Gasteiger partial charge in [-0.25, -0.2) is 4.79 Å². The lowest BCUT2D eigenvalue weighted by Gasteiger charge is -2.32. The van der Waals surface area contributed by atoms with Crippen LogP contribution in [0.5, 0.6) is 0 Å². The number of carbonyl (C=O) groups is 2. The van der Waals surface area contributed by atoms with Gasteiger partial charge in [-0.2, -0.15) is 13.2 Å². The summed E-state index contributed by atoms with van der Waals surface area (Å²) in [6, 6.07) is 7.75. The van der Waals surface area contributed by atoms with Crippen molar-refractivity contribution in [2.45, 2.75) is 48.9 Å². The molecule has 0 aromatic heterocycles. The maximum atomic E-state index is 12.5. The van der Waals surface area contributed by atoms with E-state index in [9.17, 15) is 22.8 Å². The fraction of sp³-hybridized carbons (Fsp3) is 0.500. The van der Waals surface area contributed by atoms with E-state index in [-0.39, 0.29) is 0 Å². The fourth-order valence-corrected chi connectivity index (χ4v) is 2.95. The van der Waals surface area contributed by atoms with Crippen molar-refractivity contribution in [2.75, 3.05) is 7.11 Å². The van der Waals surface area contributed by atoms with Crippen molar-refractivity contribution < 1.29 is 32.2 Å². The predicted molar refractivity (Wildman–Crippen MR) is 86.9 cm³/mol. The van der Waals surface area contributed by atoms with Crippen LogP contribution in [-0.4, -0.2) is 42.2 Å². The summed E-state index contributed by atoms with van der Waals surface area (Å²) in [5.41, 5.74) is -2.36. The summed E-state index contributed by atoms with van der Waals surface area (Å²) in [5.74, 6) is -2.75. The normalized spacial score (nSPS) is 14.5. The summed E-state index contributed by atoms with van der Waals surface area (Å²) in [5, 5.41) is 1.86. The third-order valence-corrected chi connectivity index (χ3v) is 4.39. The Labute approximate surface area is 148 Å². The number of halogens is 3. The Morgan fingerprint density at radius 2 is 1.72 bits per heavy atom. The van der Waals surface area contributed by atoms with E-state index in [0.717, 1.165) is 11.8 Å². The van der Waals surface area contributed by atoms with Gasteiger partial charge < -0.3 is 14.8 Å². The number of alkyl halides is 3. The third kappa shape index (κ3) is 6.58. The van der Waals surface area contributed by atoms with Crippen molar-refractivity contribution in [2.24, 2.45) is 0 Å². The second-order valence-electron chi connectivity index (χ2n) is 5.68. The van der Waals surface area contributed by atoms with Gasteiger partial charge in [0.25, 0.3) is 0 Å². The number of carbonyl (C=O) groups excluding carboxylic acids is 2. The first kappa shape index (κ1) is 21.3. The van der Waals surface area contributed by atoms with Crippen LogP contribution in [0.25, 0.3) is 0 Å². The molecule has 0 spiro atoms. The molecule has 2 unspecified atom stereocenters. The first-order chi connectivity index (χ1) is 11.5. The summed E-state index contributed by atoms with van der Waals surface area (Å²) in [6.07, 6.45) is -5.01. The minimum atomic E-state index is -5.01. The number of hydrogen-bond acceptors (Lipinski definition) is 5. The number of methoxy groups -OCH3 is 1. The predicted octanol–water partition coefficient (Wildman–Crippen LogP) is 3.14. The smallest absolute Gasteiger partial charge is 0.467 e. The van der Waals surface area contributed by atoms with E-state index in [0.29, 0.717) is 4.90 Å². The van der Waals surface area contributed by atoms with Gasteiger partial charge in [0.1, 0.15) is 5.44 Å². The zero-order valence-corrected chi connectivity index (χ0v) is 15.0. The Morgan fingerprint density at radius 1 is 1.16 bits per heavy atom. The highest BCUT2D eigenvalue weighted by molar-refractivity contribution is 7.99. The molecular formula is C16H20F3NO4S. The van der Waals surface area contributed by atoms with Gasteiger partial charge >= 0.3 is 18.1 Å².